The number of amides is 1. The third-order valence-corrected chi connectivity index (χ3v) is 4.96. The number of nitro groups is 1. The standard InChI is InChI=1S/C19H18N6O3S/c1-3-10-24-18(14-6-8-20-9-7-14)22-23-19(24)29-12-17(26)21-15-5-4-13(2)16(11-15)25(27)28/h3-9,11H,1,10,12H2,2H3,(H,21,26). The lowest BCUT2D eigenvalue weighted by molar-refractivity contribution is -0.385. The third kappa shape index (κ3) is 4.85. The highest BCUT2D eigenvalue weighted by Crippen LogP contribution is 2.25. The fraction of sp³-hybridized carbons (Fsp3) is 0.158. The van der Waals surface area contributed by atoms with Crippen LogP contribution >= 0.6 is 11.8 Å². The Hall–Kier alpha value is -3.53. The van der Waals surface area contributed by atoms with Crippen LogP contribution in [0.2, 0.25) is 0 Å². The first kappa shape index (κ1) is 20.2. The number of allylic oxidation sites excluding steroid dienone is 1. The number of hydrogen-bond acceptors (Lipinski definition) is 7. The van der Waals surface area contributed by atoms with E-state index in [9.17, 15) is 14.9 Å². The summed E-state index contributed by atoms with van der Waals surface area (Å²) in [4.78, 5) is 26.9. The van der Waals surface area contributed by atoms with Crippen LogP contribution in [0.3, 0.4) is 0 Å². The van der Waals surface area contributed by atoms with Crippen LogP contribution in [-0.4, -0.2) is 36.3 Å². The number of aromatic nitrogens is 4. The molecule has 3 aromatic rings. The first-order chi connectivity index (χ1) is 14.0. The van der Waals surface area contributed by atoms with Gasteiger partial charge in [-0.1, -0.05) is 23.9 Å². The fourth-order valence-corrected chi connectivity index (χ4v) is 3.36. The summed E-state index contributed by atoms with van der Waals surface area (Å²) in [5, 5.41) is 22.7. The van der Waals surface area contributed by atoms with Crippen molar-refractivity contribution in [1.82, 2.24) is 19.7 Å². The number of hydrogen-bond donors (Lipinski definition) is 1. The predicted octanol–water partition coefficient (Wildman–Crippen LogP) is 3.47. The lowest BCUT2D eigenvalue weighted by Crippen LogP contribution is -2.15. The lowest BCUT2D eigenvalue weighted by Gasteiger charge is -2.08. The first-order valence-corrected chi connectivity index (χ1v) is 9.60. The summed E-state index contributed by atoms with van der Waals surface area (Å²) in [7, 11) is 0. The van der Waals surface area contributed by atoms with Crippen molar-refractivity contribution in [3.05, 3.63) is 71.1 Å². The molecule has 29 heavy (non-hydrogen) atoms. The maximum atomic E-state index is 12.3. The molecule has 10 heteroatoms. The number of pyridine rings is 1. The molecule has 3 rings (SSSR count). The highest BCUT2D eigenvalue weighted by atomic mass is 32.2. The van der Waals surface area contributed by atoms with Crippen LogP contribution in [0, 0.1) is 17.0 Å². The molecule has 2 aromatic heterocycles. The van der Waals surface area contributed by atoms with Gasteiger partial charge < -0.3 is 5.32 Å². The molecule has 1 N–H and O–H groups in total. The van der Waals surface area contributed by atoms with Gasteiger partial charge in [0.05, 0.1) is 10.7 Å². The Balaban J connectivity index is 1.71. The smallest absolute Gasteiger partial charge is 0.274 e. The molecule has 148 valence electrons. The zero-order chi connectivity index (χ0) is 20.8. The van der Waals surface area contributed by atoms with Crippen LogP contribution in [0.5, 0.6) is 0 Å². The van der Waals surface area contributed by atoms with Crippen molar-refractivity contribution in [3.8, 4) is 11.4 Å². The quantitative estimate of drug-likeness (QED) is 0.262. The van der Waals surface area contributed by atoms with Crippen molar-refractivity contribution < 1.29 is 9.72 Å². The van der Waals surface area contributed by atoms with Gasteiger partial charge in [-0.05, 0) is 25.1 Å². The molecule has 0 fully saturated rings. The molecule has 2 heterocycles. The summed E-state index contributed by atoms with van der Waals surface area (Å²) in [5.41, 5.74) is 1.72. The molecule has 0 bridgehead atoms. The Bertz CT molecular complexity index is 1050. The number of anilines is 1. The minimum absolute atomic E-state index is 0.0387. The monoisotopic (exact) mass is 410 g/mol. The maximum absolute atomic E-state index is 12.3. The van der Waals surface area contributed by atoms with Gasteiger partial charge in [-0.15, -0.1) is 16.8 Å². The van der Waals surface area contributed by atoms with E-state index in [2.05, 4.69) is 27.1 Å². The second-order valence-electron chi connectivity index (χ2n) is 6.04. The molecule has 0 aliphatic heterocycles. The lowest BCUT2D eigenvalue weighted by atomic mass is 10.2. The highest BCUT2D eigenvalue weighted by Gasteiger charge is 2.16. The average molecular weight is 410 g/mol. The second-order valence-corrected chi connectivity index (χ2v) is 6.98. The molecular weight excluding hydrogens is 392 g/mol. The van der Waals surface area contributed by atoms with Crippen molar-refractivity contribution >= 4 is 29.0 Å². The molecule has 0 radical (unpaired) electrons. The van der Waals surface area contributed by atoms with E-state index in [1.165, 1.54) is 17.8 Å². The summed E-state index contributed by atoms with van der Waals surface area (Å²) in [6.45, 7) is 5.89. The molecule has 1 aromatic carbocycles. The van der Waals surface area contributed by atoms with Crippen molar-refractivity contribution in [1.29, 1.82) is 0 Å². The van der Waals surface area contributed by atoms with Crippen LogP contribution in [0.4, 0.5) is 11.4 Å². The van der Waals surface area contributed by atoms with Gasteiger partial charge in [0.25, 0.3) is 5.69 Å². The number of aryl methyl sites for hydroxylation is 1. The van der Waals surface area contributed by atoms with Gasteiger partial charge in [0.15, 0.2) is 11.0 Å². The van der Waals surface area contributed by atoms with Crippen molar-refractivity contribution in [2.45, 2.75) is 18.6 Å². The number of carbonyl (C=O) groups excluding carboxylic acids is 1. The number of benzene rings is 1. The van der Waals surface area contributed by atoms with Crippen molar-refractivity contribution in [2.75, 3.05) is 11.1 Å². The van der Waals surface area contributed by atoms with Gasteiger partial charge in [-0.25, -0.2) is 0 Å². The molecule has 0 atom stereocenters. The predicted molar refractivity (Wildman–Crippen MR) is 111 cm³/mol. The molecular formula is C19H18N6O3S. The van der Waals surface area contributed by atoms with E-state index >= 15 is 0 Å². The van der Waals surface area contributed by atoms with E-state index in [4.69, 9.17) is 0 Å². The summed E-state index contributed by atoms with van der Waals surface area (Å²) >= 11 is 1.22. The Labute approximate surface area is 171 Å². The summed E-state index contributed by atoms with van der Waals surface area (Å²) < 4.78 is 1.86. The third-order valence-electron chi connectivity index (χ3n) is 3.99. The van der Waals surface area contributed by atoms with Gasteiger partial charge in [0.1, 0.15) is 0 Å². The number of nitro benzene ring substituents is 1. The van der Waals surface area contributed by atoms with Gasteiger partial charge >= 0.3 is 0 Å². The molecule has 0 saturated heterocycles. The molecule has 1 amide bonds. The van der Waals surface area contributed by atoms with Crippen LogP contribution in [0.25, 0.3) is 11.4 Å². The Morgan fingerprint density at radius 1 is 1.31 bits per heavy atom. The molecule has 0 aliphatic rings. The SMILES string of the molecule is C=CCn1c(SCC(=O)Nc2ccc(C)c([N+](=O)[O-])c2)nnc1-c1ccncc1. The van der Waals surface area contributed by atoms with Gasteiger partial charge in [0.2, 0.25) is 5.91 Å². The average Bonchev–Trinajstić information content (AvgIpc) is 3.11. The minimum atomic E-state index is -0.474. The number of nitrogens with zero attached hydrogens (tertiary/aromatic N) is 5. The molecule has 0 aliphatic carbocycles. The molecule has 0 spiro atoms. The second kappa shape index (κ2) is 9.11. The van der Waals surface area contributed by atoms with E-state index in [1.54, 1.807) is 37.5 Å². The van der Waals surface area contributed by atoms with E-state index in [1.807, 2.05) is 16.7 Å². The molecule has 0 unspecified atom stereocenters. The Morgan fingerprint density at radius 3 is 2.76 bits per heavy atom. The van der Waals surface area contributed by atoms with Gasteiger partial charge in [-0.2, -0.15) is 0 Å². The van der Waals surface area contributed by atoms with Crippen molar-refractivity contribution in [3.63, 3.8) is 0 Å². The van der Waals surface area contributed by atoms with E-state index < -0.39 is 4.92 Å². The van der Waals surface area contributed by atoms with E-state index in [0.717, 1.165) is 5.56 Å². The fourth-order valence-electron chi connectivity index (χ4n) is 2.61. The Kier molecular flexibility index (Phi) is 6.35. The van der Waals surface area contributed by atoms with Crippen LogP contribution < -0.4 is 5.32 Å². The molecule has 0 saturated carbocycles. The Morgan fingerprint density at radius 2 is 2.07 bits per heavy atom. The minimum Gasteiger partial charge on any atom is -0.325 e. The first-order valence-electron chi connectivity index (χ1n) is 8.61. The summed E-state index contributed by atoms with van der Waals surface area (Å²) in [6.07, 6.45) is 5.07. The number of nitrogens with one attached hydrogen (secondary N) is 1. The van der Waals surface area contributed by atoms with Crippen molar-refractivity contribution in [2.24, 2.45) is 0 Å². The van der Waals surface area contributed by atoms with Gasteiger partial charge in [-0.3, -0.25) is 24.5 Å². The number of rotatable bonds is 8. The zero-order valence-electron chi connectivity index (χ0n) is 15.6. The van der Waals surface area contributed by atoms with E-state index in [0.29, 0.717) is 28.8 Å². The zero-order valence-corrected chi connectivity index (χ0v) is 16.4. The van der Waals surface area contributed by atoms with Crippen LogP contribution in [0.1, 0.15) is 5.56 Å². The maximum Gasteiger partial charge on any atom is 0.274 e. The van der Waals surface area contributed by atoms with Crippen LogP contribution in [-0.2, 0) is 11.3 Å². The topological polar surface area (TPSA) is 116 Å². The summed E-state index contributed by atoms with van der Waals surface area (Å²) in [5.74, 6) is 0.434. The highest BCUT2D eigenvalue weighted by molar-refractivity contribution is 7.99. The van der Waals surface area contributed by atoms with E-state index in [-0.39, 0.29) is 17.3 Å². The number of thioether (sulfide) groups is 1. The largest absolute Gasteiger partial charge is 0.325 e. The van der Waals surface area contributed by atoms with Gasteiger partial charge in [0, 0.05) is 41.8 Å². The normalized spacial score (nSPS) is 10.5. The summed E-state index contributed by atoms with van der Waals surface area (Å²) in [6, 6.07) is 8.24. The van der Waals surface area contributed by atoms with Crippen LogP contribution in [0.15, 0.2) is 60.5 Å². The molecule has 9 nitrogen and oxygen atoms in total. The number of carbonyl (C=O) groups is 1.